The van der Waals surface area contributed by atoms with Gasteiger partial charge in [-0.05, 0) is 80.5 Å². The van der Waals surface area contributed by atoms with Crippen molar-refractivity contribution in [2.24, 2.45) is 35.0 Å². The number of rotatable bonds is 0. The largest absolute Gasteiger partial charge is 0.0847 e. The van der Waals surface area contributed by atoms with E-state index in [1.165, 1.54) is 25.7 Å². The van der Waals surface area contributed by atoms with E-state index in [-0.39, 0.29) is 0 Å². The zero-order valence-electron chi connectivity index (χ0n) is 12.8. The summed E-state index contributed by atoms with van der Waals surface area (Å²) in [6, 6.07) is 0. The predicted molar refractivity (Wildman–Crippen MR) is 80.9 cm³/mol. The minimum Gasteiger partial charge on any atom is -0.0847 e. The molecule has 4 aliphatic rings. The molecule has 0 saturated heterocycles. The van der Waals surface area contributed by atoms with Gasteiger partial charge in [0.05, 0.1) is 0 Å². The van der Waals surface area contributed by atoms with Crippen molar-refractivity contribution in [3.05, 3.63) is 11.6 Å². The van der Waals surface area contributed by atoms with Crippen molar-refractivity contribution in [2.45, 2.75) is 71.6 Å². The standard InChI is InChI=1S/C19H30/c1-13-7-10-18-17-9-8-14-5-3-4-6-15(14)16(17)11-12-19(13,18)2/h7,14-18H,3-6,8-12H2,1-2H3/t14?,15?,16?,17?,18?,19-/m1/s1. The Morgan fingerprint density at radius 2 is 1.79 bits per heavy atom. The lowest BCUT2D eigenvalue weighted by atomic mass is 9.50. The van der Waals surface area contributed by atoms with Crippen LogP contribution in [0.2, 0.25) is 0 Å². The lowest BCUT2D eigenvalue weighted by molar-refractivity contribution is -0.0427. The van der Waals surface area contributed by atoms with E-state index in [0.717, 1.165) is 29.6 Å². The van der Waals surface area contributed by atoms with Crippen LogP contribution in [0.15, 0.2) is 11.6 Å². The first-order chi connectivity index (χ1) is 9.20. The van der Waals surface area contributed by atoms with E-state index in [1.807, 2.05) is 0 Å². The molecule has 0 N–H and O–H groups in total. The molecule has 4 aliphatic carbocycles. The molecule has 0 aromatic carbocycles. The number of hydrogen-bond acceptors (Lipinski definition) is 0. The first-order valence-electron chi connectivity index (χ1n) is 8.87. The molecule has 0 radical (unpaired) electrons. The summed E-state index contributed by atoms with van der Waals surface area (Å²) in [6.45, 7) is 4.99. The van der Waals surface area contributed by atoms with Crippen molar-refractivity contribution in [3.63, 3.8) is 0 Å². The molecule has 0 aliphatic heterocycles. The van der Waals surface area contributed by atoms with Crippen molar-refractivity contribution in [1.29, 1.82) is 0 Å². The molecule has 4 rings (SSSR count). The van der Waals surface area contributed by atoms with Gasteiger partial charge < -0.3 is 0 Å². The van der Waals surface area contributed by atoms with Crippen LogP contribution < -0.4 is 0 Å². The van der Waals surface area contributed by atoms with Crippen molar-refractivity contribution in [1.82, 2.24) is 0 Å². The molecule has 0 heteroatoms. The van der Waals surface area contributed by atoms with Crippen LogP contribution in [0, 0.1) is 35.0 Å². The van der Waals surface area contributed by atoms with E-state index < -0.39 is 0 Å². The highest BCUT2D eigenvalue weighted by atomic mass is 14.6. The van der Waals surface area contributed by atoms with Gasteiger partial charge in [-0.2, -0.15) is 0 Å². The van der Waals surface area contributed by atoms with Crippen LogP contribution in [0.25, 0.3) is 0 Å². The SMILES string of the molecule is CC1=CCC2C3CCC4CCCCC4C3CC[C@]12C. The Labute approximate surface area is 119 Å². The molecule has 0 spiro atoms. The van der Waals surface area contributed by atoms with Crippen molar-refractivity contribution in [2.75, 3.05) is 0 Å². The molecule has 0 aromatic rings. The molecule has 3 fully saturated rings. The Balaban J connectivity index is 1.60. The van der Waals surface area contributed by atoms with E-state index in [1.54, 1.807) is 37.7 Å². The third-order valence-corrected chi connectivity index (χ3v) is 7.85. The second kappa shape index (κ2) is 4.37. The molecule has 0 aromatic heterocycles. The van der Waals surface area contributed by atoms with Crippen LogP contribution in [-0.2, 0) is 0 Å². The van der Waals surface area contributed by atoms with Crippen molar-refractivity contribution >= 4 is 0 Å². The summed E-state index contributed by atoms with van der Waals surface area (Å²) in [6.07, 6.45) is 16.3. The van der Waals surface area contributed by atoms with Crippen LogP contribution in [-0.4, -0.2) is 0 Å². The zero-order chi connectivity index (χ0) is 13.0. The maximum absolute atomic E-state index is 2.58. The topological polar surface area (TPSA) is 0 Å². The Morgan fingerprint density at radius 1 is 0.947 bits per heavy atom. The van der Waals surface area contributed by atoms with Gasteiger partial charge in [0.2, 0.25) is 0 Å². The third-order valence-electron chi connectivity index (χ3n) is 7.85. The van der Waals surface area contributed by atoms with Crippen LogP contribution in [0.1, 0.15) is 71.6 Å². The first kappa shape index (κ1) is 12.5. The molecule has 0 heterocycles. The van der Waals surface area contributed by atoms with E-state index >= 15 is 0 Å². The molecule has 19 heavy (non-hydrogen) atoms. The van der Waals surface area contributed by atoms with Gasteiger partial charge in [-0.15, -0.1) is 0 Å². The summed E-state index contributed by atoms with van der Waals surface area (Å²) >= 11 is 0. The summed E-state index contributed by atoms with van der Waals surface area (Å²) in [4.78, 5) is 0. The van der Waals surface area contributed by atoms with E-state index in [0.29, 0.717) is 5.41 Å². The highest BCUT2D eigenvalue weighted by Crippen LogP contribution is 2.62. The summed E-state index contributed by atoms with van der Waals surface area (Å²) in [5, 5.41) is 0. The molecule has 106 valence electrons. The molecule has 0 amide bonds. The zero-order valence-corrected chi connectivity index (χ0v) is 12.8. The smallest absolute Gasteiger partial charge is 0.00851 e. The van der Waals surface area contributed by atoms with Crippen LogP contribution in [0.4, 0.5) is 0 Å². The minimum atomic E-state index is 0.586. The van der Waals surface area contributed by atoms with Crippen molar-refractivity contribution in [3.8, 4) is 0 Å². The first-order valence-corrected chi connectivity index (χ1v) is 8.87. The second-order valence-corrected chi connectivity index (χ2v) is 8.30. The maximum atomic E-state index is 2.58. The molecule has 0 nitrogen and oxygen atoms in total. The molecular formula is C19H30. The maximum Gasteiger partial charge on any atom is -0.00851 e. The number of fused-ring (bicyclic) bond motifs is 5. The quantitative estimate of drug-likeness (QED) is 0.497. The Morgan fingerprint density at radius 3 is 2.68 bits per heavy atom. The highest BCUT2D eigenvalue weighted by molar-refractivity contribution is 5.23. The number of hydrogen-bond donors (Lipinski definition) is 0. The minimum absolute atomic E-state index is 0.586. The van der Waals surface area contributed by atoms with Gasteiger partial charge in [0.1, 0.15) is 0 Å². The Bertz CT molecular complexity index is 393. The van der Waals surface area contributed by atoms with Crippen LogP contribution >= 0.6 is 0 Å². The normalized spacial score (nSPS) is 52.9. The fourth-order valence-electron chi connectivity index (χ4n) is 6.61. The van der Waals surface area contributed by atoms with Gasteiger partial charge in [0.15, 0.2) is 0 Å². The van der Waals surface area contributed by atoms with Crippen molar-refractivity contribution < 1.29 is 0 Å². The summed E-state index contributed by atoms with van der Waals surface area (Å²) in [7, 11) is 0. The van der Waals surface area contributed by atoms with Crippen LogP contribution in [0.5, 0.6) is 0 Å². The molecule has 0 bridgehead atoms. The third kappa shape index (κ3) is 1.71. The van der Waals surface area contributed by atoms with Gasteiger partial charge in [-0.3, -0.25) is 0 Å². The van der Waals surface area contributed by atoms with E-state index in [9.17, 15) is 0 Å². The lowest BCUT2D eigenvalue weighted by Gasteiger charge is -2.55. The van der Waals surface area contributed by atoms with Gasteiger partial charge in [-0.25, -0.2) is 0 Å². The molecule has 3 saturated carbocycles. The number of allylic oxidation sites excluding steroid dienone is 2. The second-order valence-electron chi connectivity index (χ2n) is 8.30. The van der Waals surface area contributed by atoms with E-state index in [2.05, 4.69) is 19.9 Å². The van der Waals surface area contributed by atoms with Gasteiger partial charge in [0.25, 0.3) is 0 Å². The monoisotopic (exact) mass is 258 g/mol. The highest BCUT2D eigenvalue weighted by Gasteiger charge is 2.53. The average molecular weight is 258 g/mol. The molecule has 6 atom stereocenters. The summed E-state index contributed by atoms with van der Waals surface area (Å²) < 4.78 is 0. The summed E-state index contributed by atoms with van der Waals surface area (Å²) in [5.41, 5.74) is 2.31. The Hall–Kier alpha value is -0.260. The van der Waals surface area contributed by atoms with Gasteiger partial charge >= 0.3 is 0 Å². The predicted octanol–water partition coefficient (Wildman–Crippen LogP) is 5.59. The van der Waals surface area contributed by atoms with Gasteiger partial charge in [-0.1, -0.05) is 37.8 Å². The van der Waals surface area contributed by atoms with E-state index in [4.69, 9.17) is 0 Å². The molecular weight excluding hydrogens is 228 g/mol. The fourth-order valence-corrected chi connectivity index (χ4v) is 6.61. The average Bonchev–Trinajstić information content (AvgIpc) is 2.75. The lowest BCUT2D eigenvalue weighted by Crippen LogP contribution is -2.47. The fraction of sp³-hybridized carbons (Fsp3) is 0.895. The van der Waals surface area contributed by atoms with Crippen LogP contribution in [0.3, 0.4) is 0 Å². The summed E-state index contributed by atoms with van der Waals surface area (Å²) in [5.74, 6) is 5.44. The van der Waals surface area contributed by atoms with Gasteiger partial charge in [0, 0.05) is 0 Å². The molecule has 5 unspecified atom stereocenters. The Kier molecular flexibility index (Phi) is 2.87.